The van der Waals surface area contributed by atoms with Crippen molar-refractivity contribution < 1.29 is 0 Å². The molecular formula is C40H28N2S. The van der Waals surface area contributed by atoms with Gasteiger partial charge in [0.25, 0.3) is 0 Å². The summed E-state index contributed by atoms with van der Waals surface area (Å²) in [5, 5.41) is 2.22. The van der Waals surface area contributed by atoms with Crippen LogP contribution in [0.5, 0.6) is 0 Å². The predicted molar refractivity (Wildman–Crippen MR) is 177 cm³/mol. The smallest absolute Gasteiger partial charge is 0.0964 e. The standard InChI is InChI=1S/C40H28N2S/c1-39(2)29-11-3-4-12-30(29)40(32-13-5-7-15-35(32)43-36-16-8-6-14-33(36)40)31-20-19-26(23-34(31)39)28-22-27-18-17-25-10-9-21-41-37(25)38(27)42-24-28/h3-24H,1-2H3. The zero-order valence-electron chi connectivity index (χ0n) is 24.0. The van der Waals surface area contributed by atoms with Crippen LogP contribution in [0.15, 0.2) is 144 Å². The van der Waals surface area contributed by atoms with Gasteiger partial charge in [-0.2, -0.15) is 0 Å². The minimum atomic E-state index is -0.398. The van der Waals surface area contributed by atoms with E-state index in [1.807, 2.05) is 30.2 Å². The average Bonchev–Trinajstić information content (AvgIpc) is 3.06. The third-order valence-corrected chi connectivity index (χ3v) is 10.8. The Morgan fingerprint density at radius 3 is 1.88 bits per heavy atom. The molecule has 2 aliphatic rings. The maximum Gasteiger partial charge on any atom is 0.0964 e. The Kier molecular flexibility index (Phi) is 5.13. The maximum atomic E-state index is 4.95. The lowest BCUT2D eigenvalue weighted by atomic mass is 9.54. The lowest BCUT2D eigenvalue weighted by molar-refractivity contribution is 0.549. The van der Waals surface area contributed by atoms with Gasteiger partial charge in [0.05, 0.1) is 16.4 Å². The Hall–Kier alpha value is -4.73. The van der Waals surface area contributed by atoms with Gasteiger partial charge < -0.3 is 0 Å². The number of nitrogens with zero attached hydrogens (tertiary/aromatic N) is 2. The maximum absolute atomic E-state index is 4.95. The van der Waals surface area contributed by atoms with Gasteiger partial charge in [0.1, 0.15) is 0 Å². The first-order valence-corrected chi connectivity index (χ1v) is 15.6. The summed E-state index contributed by atoms with van der Waals surface area (Å²) in [4.78, 5) is 12.2. The van der Waals surface area contributed by atoms with E-state index in [0.29, 0.717) is 0 Å². The molecular weight excluding hydrogens is 541 g/mol. The molecule has 9 rings (SSSR count). The number of fused-ring (bicyclic) bond motifs is 11. The number of hydrogen-bond acceptors (Lipinski definition) is 3. The third-order valence-electron chi connectivity index (χ3n) is 9.66. The summed E-state index contributed by atoms with van der Waals surface area (Å²) in [5.74, 6) is 0. The third kappa shape index (κ3) is 3.31. The number of pyridine rings is 2. The topological polar surface area (TPSA) is 25.8 Å². The van der Waals surface area contributed by atoms with Crippen molar-refractivity contribution in [3.63, 3.8) is 0 Å². The van der Waals surface area contributed by atoms with Crippen LogP contribution < -0.4 is 0 Å². The van der Waals surface area contributed by atoms with E-state index < -0.39 is 5.41 Å². The number of benzene rings is 5. The Balaban J connectivity index is 1.34. The van der Waals surface area contributed by atoms with Crippen LogP contribution >= 0.6 is 11.8 Å². The lowest BCUT2D eigenvalue weighted by Crippen LogP contribution is -2.43. The van der Waals surface area contributed by atoms with E-state index in [2.05, 4.69) is 134 Å². The molecule has 2 aromatic heterocycles. The summed E-state index contributed by atoms with van der Waals surface area (Å²) in [6.07, 6.45) is 3.86. The number of hydrogen-bond donors (Lipinski definition) is 0. The predicted octanol–water partition coefficient (Wildman–Crippen LogP) is 9.94. The zero-order chi connectivity index (χ0) is 28.8. The summed E-state index contributed by atoms with van der Waals surface area (Å²) in [7, 11) is 0. The molecule has 3 heteroatoms. The molecule has 0 bridgehead atoms. The highest BCUT2D eigenvalue weighted by Crippen LogP contribution is 2.61. The Bertz CT molecular complexity index is 2220. The van der Waals surface area contributed by atoms with Crippen LogP contribution in [0.1, 0.15) is 47.2 Å². The van der Waals surface area contributed by atoms with Crippen molar-refractivity contribution in [3.05, 3.63) is 167 Å². The van der Waals surface area contributed by atoms with E-state index in [-0.39, 0.29) is 5.41 Å². The van der Waals surface area contributed by atoms with Gasteiger partial charge in [-0.25, -0.2) is 0 Å². The van der Waals surface area contributed by atoms with Crippen LogP contribution in [-0.4, -0.2) is 9.97 Å². The molecule has 0 saturated heterocycles. The molecule has 0 saturated carbocycles. The van der Waals surface area contributed by atoms with Crippen LogP contribution in [-0.2, 0) is 10.8 Å². The minimum Gasteiger partial charge on any atom is -0.254 e. The van der Waals surface area contributed by atoms with Crippen molar-refractivity contribution in [3.8, 4) is 11.1 Å². The van der Waals surface area contributed by atoms with Gasteiger partial charge >= 0.3 is 0 Å². The fourth-order valence-corrected chi connectivity index (χ4v) is 8.87. The van der Waals surface area contributed by atoms with Gasteiger partial charge in [0.15, 0.2) is 0 Å². The molecule has 0 radical (unpaired) electrons. The van der Waals surface area contributed by atoms with Crippen LogP contribution in [0, 0.1) is 0 Å². The summed E-state index contributed by atoms with van der Waals surface area (Å²) in [5.41, 5.74) is 11.8. The molecule has 0 amide bonds. The van der Waals surface area contributed by atoms with Crippen LogP contribution in [0.3, 0.4) is 0 Å². The molecule has 1 aliphatic carbocycles. The largest absolute Gasteiger partial charge is 0.254 e. The molecule has 3 heterocycles. The Morgan fingerprint density at radius 2 is 1.12 bits per heavy atom. The lowest BCUT2D eigenvalue weighted by Gasteiger charge is -2.50. The normalized spacial score (nSPS) is 15.5. The van der Waals surface area contributed by atoms with E-state index in [0.717, 1.165) is 27.4 Å². The summed E-state index contributed by atoms with van der Waals surface area (Å²) >= 11 is 1.89. The van der Waals surface area contributed by atoms with Crippen LogP contribution in [0.2, 0.25) is 0 Å². The molecule has 43 heavy (non-hydrogen) atoms. The average molecular weight is 569 g/mol. The van der Waals surface area contributed by atoms with E-state index in [4.69, 9.17) is 4.98 Å². The van der Waals surface area contributed by atoms with E-state index in [1.54, 1.807) is 0 Å². The quantitative estimate of drug-likeness (QED) is 0.184. The van der Waals surface area contributed by atoms with Crippen LogP contribution in [0.25, 0.3) is 32.9 Å². The summed E-state index contributed by atoms with van der Waals surface area (Å²) < 4.78 is 0. The fourth-order valence-electron chi connectivity index (χ4n) is 7.68. The van der Waals surface area contributed by atoms with Crippen LogP contribution in [0.4, 0.5) is 0 Å². The van der Waals surface area contributed by atoms with Crippen molar-refractivity contribution in [1.29, 1.82) is 0 Å². The molecule has 0 atom stereocenters. The van der Waals surface area contributed by atoms with Crippen molar-refractivity contribution >= 4 is 33.6 Å². The molecule has 204 valence electrons. The number of rotatable bonds is 1. The fraction of sp³-hybridized carbons (Fsp3) is 0.100. The molecule has 1 aliphatic heterocycles. The van der Waals surface area contributed by atoms with Crippen molar-refractivity contribution in [1.82, 2.24) is 9.97 Å². The summed E-state index contributed by atoms with van der Waals surface area (Å²) in [6.45, 7) is 4.76. The van der Waals surface area contributed by atoms with Gasteiger partial charge in [-0.15, -0.1) is 0 Å². The van der Waals surface area contributed by atoms with Gasteiger partial charge in [-0.1, -0.05) is 117 Å². The van der Waals surface area contributed by atoms with E-state index in [1.165, 1.54) is 48.7 Å². The van der Waals surface area contributed by atoms with Gasteiger partial charge in [0, 0.05) is 43.9 Å². The Morgan fingerprint density at radius 1 is 0.488 bits per heavy atom. The van der Waals surface area contributed by atoms with Gasteiger partial charge in [-0.05, 0) is 69.3 Å². The minimum absolute atomic E-state index is 0.188. The highest BCUT2D eigenvalue weighted by Gasteiger charge is 2.52. The Labute approximate surface area is 255 Å². The first kappa shape index (κ1) is 24.8. The molecule has 1 spiro atoms. The monoisotopic (exact) mass is 568 g/mol. The SMILES string of the molecule is CC1(C)c2ccccc2C2(c3ccccc3Sc3ccccc32)c2ccc(-c3cnc4c(ccc5cccnc54)c3)cc21. The molecule has 0 unspecified atom stereocenters. The molecule has 2 nitrogen and oxygen atoms in total. The van der Waals surface area contributed by atoms with Crippen molar-refractivity contribution in [2.45, 2.75) is 34.5 Å². The summed E-state index contributed by atoms with van der Waals surface area (Å²) in [6, 6.07) is 44.9. The van der Waals surface area contributed by atoms with Gasteiger partial charge in [-0.3, -0.25) is 9.97 Å². The highest BCUT2D eigenvalue weighted by molar-refractivity contribution is 7.99. The van der Waals surface area contributed by atoms with E-state index in [9.17, 15) is 0 Å². The number of aromatic nitrogens is 2. The molecule has 0 fully saturated rings. The first-order valence-electron chi connectivity index (χ1n) is 14.8. The zero-order valence-corrected chi connectivity index (χ0v) is 24.8. The van der Waals surface area contributed by atoms with Crippen molar-refractivity contribution in [2.75, 3.05) is 0 Å². The van der Waals surface area contributed by atoms with Crippen molar-refractivity contribution in [2.24, 2.45) is 0 Å². The second-order valence-corrected chi connectivity index (χ2v) is 13.3. The first-order chi connectivity index (χ1) is 21.1. The second-order valence-electron chi connectivity index (χ2n) is 12.2. The molecule has 7 aromatic rings. The highest BCUT2D eigenvalue weighted by atomic mass is 32.2. The van der Waals surface area contributed by atoms with E-state index >= 15 is 0 Å². The molecule has 5 aromatic carbocycles. The second kappa shape index (κ2) is 8.89. The van der Waals surface area contributed by atoms with Gasteiger partial charge in [0.2, 0.25) is 0 Å². The molecule has 0 N–H and O–H groups in total.